The number of aromatic nitrogens is 2. The zero-order valence-electron chi connectivity index (χ0n) is 18.0. The van der Waals surface area contributed by atoms with Crippen LogP contribution in [0.5, 0.6) is 0 Å². The molecule has 32 heavy (non-hydrogen) atoms. The third-order valence-electron chi connectivity index (χ3n) is 5.53. The molecule has 1 saturated heterocycles. The van der Waals surface area contributed by atoms with E-state index in [0.717, 1.165) is 11.1 Å². The molecule has 0 spiro atoms. The molecule has 0 radical (unpaired) electrons. The Morgan fingerprint density at radius 3 is 2.62 bits per heavy atom. The van der Waals surface area contributed by atoms with E-state index < -0.39 is 10.0 Å². The van der Waals surface area contributed by atoms with Crippen molar-refractivity contribution in [2.24, 2.45) is 0 Å². The fraction of sp³-hybridized carbons (Fsp3) is 0.304. The van der Waals surface area contributed by atoms with Crippen LogP contribution in [0, 0.1) is 12.7 Å². The van der Waals surface area contributed by atoms with E-state index in [4.69, 9.17) is 0 Å². The Kier molecular flexibility index (Phi) is 6.12. The van der Waals surface area contributed by atoms with Crippen molar-refractivity contribution in [1.29, 1.82) is 0 Å². The number of carbonyl (C=O) groups is 1. The molecule has 0 bridgehead atoms. The number of amides is 1. The van der Waals surface area contributed by atoms with Crippen LogP contribution in [-0.2, 0) is 10.0 Å². The molecule has 168 valence electrons. The van der Waals surface area contributed by atoms with E-state index in [2.05, 4.69) is 10.4 Å². The molecule has 1 unspecified atom stereocenters. The third-order valence-corrected chi connectivity index (χ3v) is 6.80. The molecule has 1 amide bonds. The van der Waals surface area contributed by atoms with Crippen molar-refractivity contribution in [3.8, 4) is 16.9 Å². The zero-order chi connectivity index (χ0) is 22.9. The highest BCUT2D eigenvalue weighted by Gasteiger charge is 2.28. The van der Waals surface area contributed by atoms with Crippen molar-refractivity contribution in [2.45, 2.75) is 25.8 Å². The summed E-state index contributed by atoms with van der Waals surface area (Å²) in [4.78, 5) is 13.3. The van der Waals surface area contributed by atoms with E-state index in [-0.39, 0.29) is 24.3 Å². The van der Waals surface area contributed by atoms with Crippen LogP contribution >= 0.6 is 0 Å². The third kappa shape index (κ3) is 4.89. The van der Waals surface area contributed by atoms with Crippen molar-refractivity contribution in [1.82, 2.24) is 19.4 Å². The molecule has 1 aromatic heterocycles. The molecule has 7 nitrogen and oxygen atoms in total. The molecule has 2 aromatic carbocycles. The van der Waals surface area contributed by atoms with Crippen molar-refractivity contribution >= 4 is 15.9 Å². The quantitative estimate of drug-likeness (QED) is 0.639. The number of hydrogen-bond acceptors (Lipinski definition) is 4. The molecule has 0 saturated carbocycles. The smallest absolute Gasteiger partial charge is 0.255 e. The first-order valence-electron chi connectivity index (χ1n) is 10.4. The Balaban J connectivity index is 1.67. The lowest BCUT2D eigenvalue weighted by Gasteiger charge is -2.31. The summed E-state index contributed by atoms with van der Waals surface area (Å²) < 4.78 is 40.1. The molecule has 0 aliphatic carbocycles. The average molecular weight is 457 g/mol. The predicted molar refractivity (Wildman–Crippen MR) is 121 cm³/mol. The summed E-state index contributed by atoms with van der Waals surface area (Å²) in [5.41, 5.74) is 3.32. The Labute approximate surface area is 186 Å². The molecule has 1 atom stereocenters. The Morgan fingerprint density at radius 2 is 1.94 bits per heavy atom. The van der Waals surface area contributed by atoms with E-state index in [0.29, 0.717) is 36.3 Å². The number of piperidine rings is 1. The number of benzene rings is 2. The molecule has 4 rings (SSSR count). The van der Waals surface area contributed by atoms with Gasteiger partial charge in [0.25, 0.3) is 5.91 Å². The maximum Gasteiger partial charge on any atom is 0.255 e. The maximum atomic E-state index is 13.4. The van der Waals surface area contributed by atoms with Crippen LogP contribution < -0.4 is 5.32 Å². The second-order valence-electron chi connectivity index (χ2n) is 8.12. The van der Waals surface area contributed by atoms with Gasteiger partial charge >= 0.3 is 0 Å². The van der Waals surface area contributed by atoms with Gasteiger partial charge in [-0.25, -0.2) is 21.8 Å². The van der Waals surface area contributed by atoms with Crippen molar-refractivity contribution < 1.29 is 17.6 Å². The van der Waals surface area contributed by atoms with E-state index in [1.54, 1.807) is 23.0 Å². The van der Waals surface area contributed by atoms with Crippen LogP contribution in [0.15, 0.2) is 54.7 Å². The second-order valence-corrected chi connectivity index (χ2v) is 10.1. The predicted octanol–water partition coefficient (Wildman–Crippen LogP) is 3.14. The molecule has 1 aliphatic heterocycles. The van der Waals surface area contributed by atoms with Gasteiger partial charge < -0.3 is 5.32 Å². The summed E-state index contributed by atoms with van der Waals surface area (Å²) in [6.07, 6.45) is 4.18. The Hall–Kier alpha value is -3.04. The fourth-order valence-corrected chi connectivity index (χ4v) is 4.81. The zero-order valence-corrected chi connectivity index (χ0v) is 18.8. The number of nitrogens with zero attached hydrogens (tertiary/aromatic N) is 3. The van der Waals surface area contributed by atoms with E-state index >= 15 is 0 Å². The van der Waals surface area contributed by atoms with Crippen LogP contribution in [0.25, 0.3) is 16.9 Å². The van der Waals surface area contributed by atoms with Gasteiger partial charge in [0.2, 0.25) is 10.0 Å². The summed E-state index contributed by atoms with van der Waals surface area (Å²) >= 11 is 0. The van der Waals surface area contributed by atoms with Crippen molar-refractivity contribution in [2.75, 3.05) is 19.3 Å². The highest BCUT2D eigenvalue weighted by molar-refractivity contribution is 7.88. The summed E-state index contributed by atoms with van der Waals surface area (Å²) in [7, 11) is -3.32. The standard InChI is InChI=1S/C23H25FN4O3S/c1-16-5-3-6-17(13-16)22-21(15-28(26-22)20-10-8-18(24)9-11-20)23(29)25-19-7-4-12-27(14-19)32(2,30)31/h3,5-6,8-11,13,15,19H,4,7,12,14H2,1-2H3,(H,25,29). The SMILES string of the molecule is Cc1cccc(-c2nn(-c3ccc(F)cc3)cc2C(=O)NC2CCCN(S(C)(=O)=O)C2)c1. The molecule has 9 heteroatoms. The van der Waals surface area contributed by atoms with Crippen LogP contribution in [0.4, 0.5) is 4.39 Å². The van der Waals surface area contributed by atoms with Crippen LogP contribution in [0.1, 0.15) is 28.8 Å². The van der Waals surface area contributed by atoms with Gasteiger partial charge in [0.15, 0.2) is 0 Å². The Bertz CT molecular complexity index is 1240. The Morgan fingerprint density at radius 1 is 1.19 bits per heavy atom. The highest BCUT2D eigenvalue weighted by Crippen LogP contribution is 2.25. The number of sulfonamides is 1. The van der Waals surface area contributed by atoms with Gasteiger partial charge in [-0.1, -0.05) is 23.8 Å². The lowest BCUT2D eigenvalue weighted by Crippen LogP contribution is -2.49. The average Bonchev–Trinajstić information content (AvgIpc) is 3.20. The van der Waals surface area contributed by atoms with Gasteiger partial charge in [-0.15, -0.1) is 0 Å². The first-order chi connectivity index (χ1) is 15.2. The van der Waals surface area contributed by atoms with E-state index in [9.17, 15) is 17.6 Å². The molecule has 1 fully saturated rings. The topological polar surface area (TPSA) is 84.3 Å². The van der Waals surface area contributed by atoms with E-state index in [1.807, 2.05) is 31.2 Å². The number of aryl methyl sites for hydroxylation is 1. The number of rotatable bonds is 5. The molecule has 3 aromatic rings. The monoisotopic (exact) mass is 456 g/mol. The number of nitrogens with one attached hydrogen (secondary N) is 1. The summed E-state index contributed by atoms with van der Waals surface area (Å²) in [5, 5.41) is 7.59. The molecular formula is C23H25FN4O3S. The summed E-state index contributed by atoms with van der Waals surface area (Å²) in [6, 6.07) is 13.3. The lowest BCUT2D eigenvalue weighted by molar-refractivity contribution is 0.0922. The lowest BCUT2D eigenvalue weighted by atomic mass is 10.0. The van der Waals surface area contributed by atoms with Gasteiger partial charge in [-0.3, -0.25) is 4.79 Å². The molecule has 1 N–H and O–H groups in total. The summed E-state index contributed by atoms with van der Waals surface area (Å²) in [5.74, 6) is -0.680. The van der Waals surface area contributed by atoms with Crippen molar-refractivity contribution in [3.05, 3.63) is 71.7 Å². The molecule has 1 aliphatic rings. The van der Waals surface area contributed by atoms with Gasteiger partial charge in [-0.2, -0.15) is 5.10 Å². The first kappa shape index (κ1) is 22.2. The van der Waals surface area contributed by atoms with Gasteiger partial charge in [-0.05, 0) is 50.1 Å². The first-order valence-corrected chi connectivity index (χ1v) is 12.2. The summed E-state index contributed by atoms with van der Waals surface area (Å²) in [6.45, 7) is 2.67. The second kappa shape index (κ2) is 8.84. The maximum absolute atomic E-state index is 13.4. The fourth-order valence-electron chi connectivity index (χ4n) is 3.90. The number of hydrogen-bond donors (Lipinski definition) is 1. The molecular weight excluding hydrogens is 431 g/mol. The van der Waals surface area contributed by atoms with Gasteiger partial charge in [0.05, 0.1) is 17.5 Å². The van der Waals surface area contributed by atoms with Gasteiger partial charge in [0.1, 0.15) is 11.5 Å². The largest absolute Gasteiger partial charge is 0.348 e. The number of carbonyl (C=O) groups excluding carboxylic acids is 1. The molecule has 2 heterocycles. The van der Waals surface area contributed by atoms with Crippen molar-refractivity contribution in [3.63, 3.8) is 0 Å². The van der Waals surface area contributed by atoms with Crippen LogP contribution in [-0.4, -0.2) is 53.8 Å². The minimum absolute atomic E-state index is 0.246. The highest BCUT2D eigenvalue weighted by atomic mass is 32.2. The van der Waals surface area contributed by atoms with E-state index in [1.165, 1.54) is 22.7 Å². The van der Waals surface area contributed by atoms with Crippen LogP contribution in [0.2, 0.25) is 0 Å². The normalized spacial score (nSPS) is 17.3. The van der Waals surface area contributed by atoms with Crippen LogP contribution in [0.3, 0.4) is 0 Å². The minimum Gasteiger partial charge on any atom is -0.348 e. The minimum atomic E-state index is -3.32. The van der Waals surface area contributed by atoms with Gasteiger partial charge in [0, 0.05) is 30.9 Å². The number of halogens is 1.